The molecule has 1 aliphatic heterocycles. The van der Waals surface area contributed by atoms with Gasteiger partial charge in [0, 0.05) is 30.4 Å². The molecule has 1 aliphatic rings. The van der Waals surface area contributed by atoms with E-state index in [1.165, 1.54) is 0 Å². The molecule has 3 rings (SSSR count). The first-order valence-electron chi connectivity index (χ1n) is 7.07. The maximum atomic E-state index is 12.4. The van der Waals surface area contributed by atoms with Gasteiger partial charge in [0.25, 0.3) is 0 Å². The maximum absolute atomic E-state index is 12.4. The molecule has 0 aromatic carbocycles. The SMILES string of the molecule is O=C(O)CC1CCCN1C(=O)Cc1c[nH]c2ncccc12. The zero-order valence-electron chi connectivity index (χ0n) is 11.6. The van der Waals surface area contributed by atoms with E-state index in [0.29, 0.717) is 6.54 Å². The van der Waals surface area contributed by atoms with Gasteiger partial charge in [-0.3, -0.25) is 9.59 Å². The van der Waals surface area contributed by atoms with Crippen molar-refractivity contribution in [2.45, 2.75) is 31.7 Å². The Hall–Kier alpha value is -2.37. The first-order valence-corrected chi connectivity index (χ1v) is 7.07. The molecule has 21 heavy (non-hydrogen) atoms. The van der Waals surface area contributed by atoms with Crippen LogP contribution >= 0.6 is 0 Å². The third-order valence-electron chi connectivity index (χ3n) is 3.99. The number of hydrogen-bond donors (Lipinski definition) is 2. The van der Waals surface area contributed by atoms with Crippen molar-refractivity contribution in [2.75, 3.05) is 6.54 Å². The second-order valence-corrected chi connectivity index (χ2v) is 5.37. The molecule has 0 bridgehead atoms. The van der Waals surface area contributed by atoms with Crippen LogP contribution in [0, 0.1) is 0 Å². The summed E-state index contributed by atoms with van der Waals surface area (Å²) >= 11 is 0. The van der Waals surface area contributed by atoms with Crippen LogP contribution in [0.1, 0.15) is 24.8 Å². The Balaban J connectivity index is 1.75. The average Bonchev–Trinajstić information content (AvgIpc) is 3.06. The second-order valence-electron chi connectivity index (χ2n) is 5.37. The predicted molar refractivity (Wildman–Crippen MR) is 76.8 cm³/mol. The molecule has 1 unspecified atom stereocenters. The van der Waals surface area contributed by atoms with Crippen molar-refractivity contribution in [1.29, 1.82) is 0 Å². The molecule has 1 saturated heterocycles. The van der Waals surface area contributed by atoms with Gasteiger partial charge in [-0.25, -0.2) is 4.98 Å². The zero-order chi connectivity index (χ0) is 14.8. The number of aliphatic carboxylic acids is 1. The van der Waals surface area contributed by atoms with E-state index >= 15 is 0 Å². The minimum Gasteiger partial charge on any atom is -0.481 e. The van der Waals surface area contributed by atoms with Gasteiger partial charge in [-0.1, -0.05) is 0 Å². The molecule has 2 N–H and O–H groups in total. The van der Waals surface area contributed by atoms with Crippen LogP contribution in [0.25, 0.3) is 11.0 Å². The number of hydrogen-bond acceptors (Lipinski definition) is 3. The number of nitrogens with one attached hydrogen (secondary N) is 1. The van der Waals surface area contributed by atoms with Crippen LogP contribution in [0.5, 0.6) is 0 Å². The summed E-state index contributed by atoms with van der Waals surface area (Å²) in [5, 5.41) is 9.86. The van der Waals surface area contributed by atoms with Crippen molar-refractivity contribution in [3.8, 4) is 0 Å². The summed E-state index contributed by atoms with van der Waals surface area (Å²) in [4.78, 5) is 32.3. The number of pyridine rings is 1. The molecule has 3 heterocycles. The van der Waals surface area contributed by atoms with E-state index in [2.05, 4.69) is 9.97 Å². The van der Waals surface area contributed by atoms with Crippen LogP contribution in [0.15, 0.2) is 24.5 Å². The Labute approximate surface area is 121 Å². The van der Waals surface area contributed by atoms with Crippen molar-refractivity contribution in [3.63, 3.8) is 0 Å². The van der Waals surface area contributed by atoms with Crippen LogP contribution in [-0.4, -0.2) is 44.4 Å². The highest BCUT2D eigenvalue weighted by atomic mass is 16.4. The van der Waals surface area contributed by atoms with Crippen LogP contribution in [0.4, 0.5) is 0 Å². The number of nitrogens with zero attached hydrogens (tertiary/aromatic N) is 2. The van der Waals surface area contributed by atoms with Gasteiger partial charge in [0.2, 0.25) is 5.91 Å². The highest BCUT2D eigenvalue weighted by Gasteiger charge is 2.30. The summed E-state index contributed by atoms with van der Waals surface area (Å²) < 4.78 is 0. The van der Waals surface area contributed by atoms with Gasteiger partial charge >= 0.3 is 5.97 Å². The summed E-state index contributed by atoms with van der Waals surface area (Å²) in [6.45, 7) is 0.650. The quantitative estimate of drug-likeness (QED) is 0.893. The van der Waals surface area contributed by atoms with E-state index in [0.717, 1.165) is 29.4 Å². The van der Waals surface area contributed by atoms with Gasteiger partial charge in [0.1, 0.15) is 5.65 Å². The topological polar surface area (TPSA) is 86.3 Å². The fraction of sp³-hybridized carbons (Fsp3) is 0.400. The lowest BCUT2D eigenvalue weighted by Gasteiger charge is -2.23. The van der Waals surface area contributed by atoms with Gasteiger partial charge in [-0.2, -0.15) is 0 Å². The van der Waals surface area contributed by atoms with Gasteiger partial charge < -0.3 is 15.0 Å². The van der Waals surface area contributed by atoms with Crippen LogP contribution < -0.4 is 0 Å². The smallest absolute Gasteiger partial charge is 0.305 e. The Morgan fingerprint density at radius 3 is 3.14 bits per heavy atom. The number of likely N-dealkylation sites (tertiary alicyclic amines) is 1. The summed E-state index contributed by atoms with van der Waals surface area (Å²) in [5.41, 5.74) is 1.67. The lowest BCUT2D eigenvalue weighted by Crippen LogP contribution is -2.37. The molecule has 1 amide bonds. The molecule has 0 saturated carbocycles. The van der Waals surface area contributed by atoms with E-state index in [-0.39, 0.29) is 24.8 Å². The van der Waals surface area contributed by atoms with E-state index in [4.69, 9.17) is 5.11 Å². The highest BCUT2D eigenvalue weighted by molar-refractivity contribution is 5.87. The zero-order valence-corrected chi connectivity index (χ0v) is 11.6. The van der Waals surface area contributed by atoms with Gasteiger partial charge in [-0.05, 0) is 30.5 Å². The molecular weight excluding hydrogens is 270 g/mol. The standard InChI is InChI=1S/C15H17N3O3/c19-13(18-6-2-3-11(18)8-14(20)21)7-10-9-17-15-12(10)4-1-5-16-15/h1,4-5,9,11H,2-3,6-8H2,(H,16,17)(H,20,21). The van der Waals surface area contributed by atoms with Crippen molar-refractivity contribution in [3.05, 3.63) is 30.1 Å². The molecule has 0 radical (unpaired) electrons. The summed E-state index contributed by atoms with van der Waals surface area (Å²) in [6, 6.07) is 3.60. The number of H-pyrrole nitrogens is 1. The predicted octanol–water partition coefficient (Wildman–Crippen LogP) is 1.57. The molecule has 1 fully saturated rings. The number of rotatable bonds is 4. The van der Waals surface area contributed by atoms with Crippen molar-refractivity contribution in [2.24, 2.45) is 0 Å². The Kier molecular flexibility index (Phi) is 3.60. The Bertz CT molecular complexity index is 680. The van der Waals surface area contributed by atoms with Gasteiger partial charge in [0.15, 0.2) is 0 Å². The Morgan fingerprint density at radius 1 is 1.48 bits per heavy atom. The van der Waals surface area contributed by atoms with Crippen LogP contribution in [-0.2, 0) is 16.0 Å². The fourth-order valence-corrected chi connectivity index (χ4v) is 3.00. The van der Waals surface area contributed by atoms with Crippen molar-refractivity contribution in [1.82, 2.24) is 14.9 Å². The third-order valence-corrected chi connectivity index (χ3v) is 3.99. The lowest BCUT2D eigenvalue weighted by atomic mass is 10.1. The van der Waals surface area contributed by atoms with E-state index in [1.54, 1.807) is 17.3 Å². The minimum atomic E-state index is -0.851. The largest absolute Gasteiger partial charge is 0.481 e. The monoisotopic (exact) mass is 287 g/mol. The van der Waals surface area contributed by atoms with Crippen LogP contribution in [0.2, 0.25) is 0 Å². The third kappa shape index (κ3) is 2.74. The Morgan fingerprint density at radius 2 is 2.33 bits per heavy atom. The number of aromatic amines is 1. The molecule has 2 aromatic rings. The second kappa shape index (κ2) is 5.55. The molecule has 6 heteroatoms. The van der Waals surface area contributed by atoms with E-state index in [1.807, 2.05) is 12.1 Å². The molecule has 0 aliphatic carbocycles. The van der Waals surface area contributed by atoms with Gasteiger partial charge in [0.05, 0.1) is 12.8 Å². The number of carbonyl (C=O) groups is 2. The lowest BCUT2D eigenvalue weighted by molar-refractivity contribution is -0.139. The molecule has 1 atom stereocenters. The first-order chi connectivity index (χ1) is 10.1. The molecule has 6 nitrogen and oxygen atoms in total. The number of carbonyl (C=O) groups excluding carboxylic acids is 1. The minimum absolute atomic E-state index is 0.0106. The first kappa shape index (κ1) is 13.6. The maximum Gasteiger partial charge on any atom is 0.305 e. The summed E-state index contributed by atoms with van der Waals surface area (Å²) in [7, 11) is 0. The van der Waals surface area contributed by atoms with Crippen LogP contribution in [0.3, 0.4) is 0 Å². The van der Waals surface area contributed by atoms with Crippen molar-refractivity contribution >= 4 is 22.9 Å². The highest BCUT2D eigenvalue weighted by Crippen LogP contribution is 2.23. The van der Waals surface area contributed by atoms with E-state index in [9.17, 15) is 9.59 Å². The number of aromatic nitrogens is 2. The molecule has 2 aromatic heterocycles. The molecule has 110 valence electrons. The summed E-state index contributed by atoms with van der Waals surface area (Å²) in [6.07, 6.45) is 5.46. The average molecular weight is 287 g/mol. The van der Waals surface area contributed by atoms with Gasteiger partial charge in [-0.15, -0.1) is 0 Å². The number of carboxylic acid groups (broad SMARTS) is 1. The fourth-order valence-electron chi connectivity index (χ4n) is 3.00. The molecular formula is C15H17N3O3. The normalized spacial score (nSPS) is 18.3. The summed E-state index contributed by atoms with van der Waals surface area (Å²) in [5.74, 6) is -0.862. The number of fused-ring (bicyclic) bond motifs is 1. The number of carboxylic acids is 1. The number of amides is 1. The molecule has 0 spiro atoms. The van der Waals surface area contributed by atoms with Crippen molar-refractivity contribution < 1.29 is 14.7 Å². The van der Waals surface area contributed by atoms with E-state index < -0.39 is 5.97 Å².